The Morgan fingerprint density at radius 2 is 1.92 bits per heavy atom. The van der Waals surface area contributed by atoms with Gasteiger partial charge in [0.15, 0.2) is 5.69 Å². The van der Waals surface area contributed by atoms with Crippen LogP contribution < -0.4 is 5.14 Å². The maximum absolute atomic E-state index is 14.0. The van der Waals surface area contributed by atoms with E-state index in [4.69, 9.17) is 15.0 Å². The molecule has 0 aliphatic carbocycles. The number of esters is 1. The van der Waals surface area contributed by atoms with Crippen molar-refractivity contribution in [1.82, 2.24) is 14.8 Å². The number of ether oxygens (including phenoxy) is 1. The Hall–Kier alpha value is -2.93. The van der Waals surface area contributed by atoms with Crippen molar-refractivity contribution < 1.29 is 22.3 Å². The van der Waals surface area contributed by atoms with Crippen molar-refractivity contribution >= 4 is 43.3 Å². The molecule has 188 valence electrons. The number of primary sulfonamides is 1. The topological polar surface area (TPSA) is 117 Å². The molecular formula is C24H22BrFN4O4S2. The minimum atomic E-state index is -3.81. The monoisotopic (exact) mass is 592 g/mol. The fraction of sp³-hybridized carbons (Fsp3) is 0.208. The molecule has 0 amide bonds. The number of halogens is 2. The number of carbonyl (C=O) groups excluding carboxylic acids is 1. The molecule has 2 N–H and O–H groups in total. The van der Waals surface area contributed by atoms with Crippen molar-refractivity contribution in [3.63, 3.8) is 0 Å². The number of thiazole rings is 1. The van der Waals surface area contributed by atoms with Gasteiger partial charge in [-0.1, -0.05) is 19.1 Å². The summed E-state index contributed by atoms with van der Waals surface area (Å²) in [7, 11) is -3.81. The van der Waals surface area contributed by atoms with Crippen LogP contribution in [-0.4, -0.2) is 35.8 Å². The summed E-state index contributed by atoms with van der Waals surface area (Å²) >= 11 is 4.50. The molecule has 12 heteroatoms. The van der Waals surface area contributed by atoms with Crippen LogP contribution in [0.4, 0.5) is 4.39 Å². The standard InChI is InChI=1S/C24H22BrFN4O4S2/c1-3-21-17(11-14-5-8-16(9-6-14)36(27,32)33)22(15-7-10-19(26)18(25)12-15)29-30(21)24-28-20(13-35-24)23(31)34-4-2/h5-10,12-13H,3-4,11H2,1-2H3,(H2,27,32,33). The predicted octanol–water partition coefficient (Wildman–Crippen LogP) is 4.87. The van der Waals surface area contributed by atoms with E-state index < -0.39 is 21.8 Å². The molecule has 0 radical (unpaired) electrons. The Labute approximate surface area is 220 Å². The average Bonchev–Trinajstić information content (AvgIpc) is 3.46. The van der Waals surface area contributed by atoms with Crippen LogP contribution in [0.15, 0.2) is 57.2 Å². The van der Waals surface area contributed by atoms with Gasteiger partial charge in [0.05, 0.1) is 27.4 Å². The third-order valence-corrected chi connectivity index (χ3v) is 7.76. The molecule has 0 saturated carbocycles. The number of hydrogen-bond acceptors (Lipinski definition) is 7. The molecule has 8 nitrogen and oxygen atoms in total. The van der Waals surface area contributed by atoms with E-state index in [1.165, 1.54) is 29.5 Å². The Morgan fingerprint density at radius 3 is 2.53 bits per heavy atom. The van der Waals surface area contributed by atoms with E-state index >= 15 is 0 Å². The fourth-order valence-corrected chi connectivity index (χ4v) is 5.39. The summed E-state index contributed by atoms with van der Waals surface area (Å²) in [6.45, 7) is 3.94. The van der Waals surface area contributed by atoms with Crippen LogP contribution >= 0.6 is 27.3 Å². The minimum absolute atomic E-state index is 0.0228. The summed E-state index contributed by atoms with van der Waals surface area (Å²) in [4.78, 5) is 16.6. The zero-order valence-corrected chi connectivity index (χ0v) is 22.6. The molecule has 2 aromatic carbocycles. The van der Waals surface area contributed by atoms with Gasteiger partial charge in [0.1, 0.15) is 5.82 Å². The molecule has 0 unspecified atom stereocenters. The van der Waals surface area contributed by atoms with Crippen molar-refractivity contribution in [2.24, 2.45) is 5.14 Å². The first-order valence-electron chi connectivity index (χ1n) is 10.9. The summed E-state index contributed by atoms with van der Waals surface area (Å²) in [5.74, 6) is -0.906. The van der Waals surface area contributed by atoms with E-state index in [-0.39, 0.29) is 17.2 Å². The SMILES string of the molecule is CCOC(=O)c1csc(-n2nc(-c3ccc(F)c(Br)c3)c(Cc3ccc(S(N)(=O)=O)cc3)c2CC)n1. The van der Waals surface area contributed by atoms with Gasteiger partial charge in [-0.2, -0.15) is 5.10 Å². The molecule has 0 fully saturated rings. The van der Waals surface area contributed by atoms with Crippen LogP contribution in [0, 0.1) is 5.82 Å². The zero-order chi connectivity index (χ0) is 26.0. The molecule has 36 heavy (non-hydrogen) atoms. The third kappa shape index (κ3) is 5.41. The van der Waals surface area contributed by atoms with E-state index in [1.807, 2.05) is 6.92 Å². The van der Waals surface area contributed by atoms with Gasteiger partial charge >= 0.3 is 5.97 Å². The molecule has 2 heterocycles. The number of hydrogen-bond donors (Lipinski definition) is 1. The average molecular weight is 594 g/mol. The van der Waals surface area contributed by atoms with E-state index in [0.29, 0.717) is 33.7 Å². The molecule has 0 atom stereocenters. The lowest BCUT2D eigenvalue weighted by atomic mass is 9.98. The normalized spacial score (nSPS) is 11.6. The number of sulfonamides is 1. The van der Waals surface area contributed by atoms with Gasteiger partial charge in [-0.15, -0.1) is 11.3 Å². The summed E-state index contributed by atoms with van der Waals surface area (Å²) in [6.07, 6.45) is 1.02. The van der Waals surface area contributed by atoms with Gasteiger partial charge in [0, 0.05) is 22.9 Å². The highest BCUT2D eigenvalue weighted by atomic mass is 79.9. The molecule has 2 aromatic heterocycles. The third-order valence-electron chi connectivity index (χ3n) is 5.41. The van der Waals surface area contributed by atoms with Crippen molar-refractivity contribution in [2.45, 2.75) is 31.6 Å². The Morgan fingerprint density at radius 1 is 1.19 bits per heavy atom. The first-order valence-corrected chi connectivity index (χ1v) is 14.1. The van der Waals surface area contributed by atoms with Gasteiger partial charge in [-0.25, -0.2) is 32.4 Å². The van der Waals surface area contributed by atoms with Crippen LogP contribution in [0.3, 0.4) is 0 Å². The van der Waals surface area contributed by atoms with E-state index in [2.05, 4.69) is 20.9 Å². The molecule has 4 rings (SSSR count). The van der Waals surface area contributed by atoms with Crippen LogP contribution in [0.25, 0.3) is 16.4 Å². The van der Waals surface area contributed by atoms with Gasteiger partial charge in [-0.05, 0) is 65.2 Å². The van der Waals surface area contributed by atoms with Gasteiger partial charge in [0.25, 0.3) is 0 Å². The Balaban J connectivity index is 1.84. The van der Waals surface area contributed by atoms with Crippen molar-refractivity contribution in [2.75, 3.05) is 6.61 Å². The molecule has 0 aliphatic heterocycles. The lowest BCUT2D eigenvalue weighted by Gasteiger charge is -2.08. The first kappa shape index (κ1) is 26.1. The maximum atomic E-state index is 14.0. The number of rotatable bonds is 8. The number of nitrogens with zero attached hydrogens (tertiary/aromatic N) is 3. The number of aromatic nitrogens is 3. The van der Waals surface area contributed by atoms with Crippen molar-refractivity contribution in [1.29, 1.82) is 0 Å². The number of benzene rings is 2. The number of nitrogens with two attached hydrogens (primary N) is 1. The van der Waals surface area contributed by atoms with Crippen LogP contribution in [-0.2, 0) is 27.6 Å². The Kier molecular flexibility index (Phi) is 7.69. The lowest BCUT2D eigenvalue weighted by Crippen LogP contribution is -2.11. The maximum Gasteiger partial charge on any atom is 0.357 e. The summed E-state index contributed by atoms with van der Waals surface area (Å²) in [6, 6.07) is 11.0. The van der Waals surface area contributed by atoms with Crippen LogP contribution in [0.2, 0.25) is 0 Å². The van der Waals surface area contributed by atoms with Gasteiger partial charge in [0.2, 0.25) is 15.2 Å². The second kappa shape index (κ2) is 10.6. The molecule has 0 bridgehead atoms. The molecule has 0 aliphatic rings. The molecule has 4 aromatic rings. The molecule has 0 saturated heterocycles. The summed E-state index contributed by atoms with van der Waals surface area (Å²) < 4.78 is 44.3. The van der Waals surface area contributed by atoms with Crippen LogP contribution in [0.5, 0.6) is 0 Å². The smallest absolute Gasteiger partial charge is 0.357 e. The fourth-order valence-electron chi connectivity index (χ4n) is 3.73. The zero-order valence-electron chi connectivity index (χ0n) is 19.4. The Bertz CT molecular complexity index is 1530. The van der Waals surface area contributed by atoms with Gasteiger partial charge < -0.3 is 4.74 Å². The highest BCUT2D eigenvalue weighted by Crippen LogP contribution is 2.33. The van der Waals surface area contributed by atoms with E-state index in [9.17, 15) is 17.6 Å². The van der Waals surface area contributed by atoms with Gasteiger partial charge in [-0.3, -0.25) is 0 Å². The van der Waals surface area contributed by atoms with E-state index in [1.54, 1.807) is 41.3 Å². The molecule has 0 spiro atoms. The second-order valence-corrected chi connectivity index (χ2v) is 11.0. The quantitative estimate of drug-likeness (QED) is 0.291. The highest BCUT2D eigenvalue weighted by molar-refractivity contribution is 9.10. The second-order valence-electron chi connectivity index (χ2n) is 7.77. The van der Waals surface area contributed by atoms with E-state index in [0.717, 1.165) is 16.8 Å². The first-order chi connectivity index (χ1) is 17.1. The summed E-state index contributed by atoms with van der Waals surface area (Å²) in [5, 5.41) is 12.2. The lowest BCUT2D eigenvalue weighted by molar-refractivity contribution is 0.0520. The number of carbonyl (C=O) groups is 1. The van der Waals surface area contributed by atoms with Crippen molar-refractivity contribution in [3.8, 4) is 16.4 Å². The highest BCUT2D eigenvalue weighted by Gasteiger charge is 2.23. The largest absolute Gasteiger partial charge is 0.461 e. The minimum Gasteiger partial charge on any atom is -0.461 e. The van der Waals surface area contributed by atoms with Crippen molar-refractivity contribution in [3.05, 3.63) is 80.6 Å². The van der Waals surface area contributed by atoms with Crippen LogP contribution in [0.1, 0.15) is 41.2 Å². The summed E-state index contributed by atoms with van der Waals surface area (Å²) in [5.41, 5.74) is 4.06. The predicted molar refractivity (Wildman–Crippen MR) is 138 cm³/mol. The molecular weight excluding hydrogens is 571 g/mol.